The van der Waals surface area contributed by atoms with Gasteiger partial charge in [-0.25, -0.2) is 0 Å². The summed E-state index contributed by atoms with van der Waals surface area (Å²) in [7, 11) is 2.97. The molecule has 7 nitrogen and oxygen atoms in total. The van der Waals surface area contributed by atoms with Gasteiger partial charge in [-0.2, -0.15) is 18.2 Å². The molecule has 29 heavy (non-hydrogen) atoms. The van der Waals surface area contributed by atoms with Crippen molar-refractivity contribution in [2.45, 2.75) is 24.0 Å². The van der Waals surface area contributed by atoms with Crippen molar-refractivity contribution in [3.63, 3.8) is 0 Å². The number of aryl methyl sites for hydroxylation is 1. The second-order valence-corrected chi connectivity index (χ2v) is 7.44. The van der Waals surface area contributed by atoms with E-state index in [1.54, 1.807) is 6.20 Å². The van der Waals surface area contributed by atoms with E-state index in [0.29, 0.717) is 28.2 Å². The van der Waals surface area contributed by atoms with Gasteiger partial charge in [0.25, 0.3) is 0 Å². The summed E-state index contributed by atoms with van der Waals surface area (Å²) >= 11 is -1.61. The van der Waals surface area contributed by atoms with E-state index >= 15 is 0 Å². The number of hydrogen-bond donors (Lipinski definition) is 1. The summed E-state index contributed by atoms with van der Waals surface area (Å²) in [6, 6.07) is 4.25. The molecule has 3 rings (SSSR count). The molecule has 0 aliphatic rings. The highest BCUT2D eigenvalue weighted by Crippen LogP contribution is 2.34. The van der Waals surface area contributed by atoms with Crippen LogP contribution in [0.5, 0.6) is 17.2 Å². The second-order valence-electron chi connectivity index (χ2n) is 6.07. The third kappa shape index (κ3) is 4.85. The minimum absolute atomic E-state index is 0.0110. The van der Waals surface area contributed by atoms with Gasteiger partial charge >= 0.3 is 11.3 Å². The number of halogens is 3. The third-order valence-corrected chi connectivity index (χ3v) is 5.13. The van der Waals surface area contributed by atoms with Gasteiger partial charge in [0.1, 0.15) is 11.4 Å². The quantitative estimate of drug-likeness (QED) is 0.578. The molecule has 0 saturated heterocycles. The topological polar surface area (TPSA) is 92.3 Å². The number of nitrogens with one attached hydrogen (secondary N) is 1. The molecule has 1 N–H and O–H groups in total. The minimum atomic E-state index is -4.44. The number of hydrogen-bond acceptors (Lipinski definition) is 6. The number of alkyl halides is 3. The summed E-state index contributed by atoms with van der Waals surface area (Å²) in [5.41, 5.74) is 2.07. The molecule has 1 unspecified atom stereocenters. The van der Waals surface area contributed by atoms with Crippen LogP contribution < -0.4 is 14.2 Å². The Morgan fingerprint density at radius 2 is 1.90 bits per heavy atom. The van der Waals surface area contributed by atoms with Gasteiger partial charge in [-0.1, -0.05) is 0 Å². The summed E-state index contributed by atoms with van der Waals surface area (Å²) in [5, 5.41) is 0.163. The molecule has 3 aromatic rings. The van der Waals surface area contributed by atoms with Crippen molar-refractivity contribution in [1.29, 1.82) is 0 Å². The van der Waals surface area contributed by atoms with Crippen LogP contribution >= 0.6 is 0 Å². The number of rotatable bonds is 7. The molecule has 0 spiro atoms. The highest BCUT2D eigenvalue weighted by Gasteiger charge is 2.28. The lowest BCUT2D eigenvalue weighted by atomic mass is 10.2. The zero-order valence-corrected chi connectivity index (χ0v) is 16.6. The van der Waals surface area contributed by atoms with E-state index < -0.39 is 24.0 Å². The van der Waals surface area contributed by atoms with E-state index in [-0.39, 0.29) is 16.7 Å². The maximum absolute atomic E-state index is 12.8. The molecule has 11 heteroatoms. The van der Waals surface area contributed by atoms with Gasteiger partial charge in [-0.3, -0.25) is 9.97 Å². The van der Waals surface area contributed by atoms with Crippen LogP contribution in [0.15, 0.2) is 29.6 Å². The van der Waals surface area contributed by atoms with E-state index in [1.165, 1.54) is 32.4 Å². The Morgan fingerprint density at radius 3 is 2.55 bits per heavy atom. The predicted molar refractivity (Wildman–Crippen MR) is 99.8 cm³/mol. The van der Waals surface area contributed by atoms with E-state index in [1.807, 2.05) is 6.92 Å². The second kappa shape index (κ2) is 8.37. The van der Waals surface area contributed by atoms with E-state index in [2.05, 4.69) is 15.0 Å². The fourth-order valence-corrected chi connectivity index (χ4v) is 3.70. The van der Waals surface area contributed by atoms with Crippen molar-refractivity contribution in [3.05, 3.63) is 35.7 Å². The van der Waals surface area contributed by atoms with E-state index in [0.717, 1.165) is 5.56 Å². The van der Waals surface area contributed by atoms with Gasteiger partial charge in [0.05, 0.1) is 25.3 Å². The number of imidazole rings is 1. The molecule has 156 valence electrons. The molecule has 2 heterocycles. The zero-order valence-electron chi connectivity index (χ0n) is 15.8. The number of aromatic nitrogens is 3. The molecule has 0 fully saturated rings. The summed E-state index contributed by atoms with van der Waals surface area (Å²) in [4.78, 5) is 11.4. The number of nitrogens with zero attached hydrogens (tertiary/aromatic N) is 2. The lowest BCUT2D eigenvalue weighted by Gasteiger charge is -2.14. The van der Waals surface area contributed by atoms with Crippen molar-refractivity contribution in [2.75, 3.05) is 20.8 Å². The van der Waals surface area contributed by atoms with Crippen molar-refractivity contribution >= 4 is 22.2 Å². The van der Waals surface area contributed by atoms with Crippen molar-refractivity contribution < 1.29 is 31.9 Å². The van der Waals surface area contributed by atoms with Crippen LogP contribution in [0.1, 0.15) is 11.3 Å². The normalized spacial score (nSPS) is 12.8. The number of methoxy groups -OCH3 is 2. The first kappa shape index (κ1) is 21.1. The summed E-state index contributed by atoms with van der Waals surface area (Å²) in [5.74, 6) is 0.924. The summed E-state index contributed by atoms with van der Waals surface area (Å²) in [6.45, 7) is 0.412. The SMILES string of the molecule is COc1c(C)cnc(C[S+]([O-])c2nc3cc(OCC(F)(F)F)ccc3[nH]2)c1OC. The maximum Gasteiger partial charge on any atom is 0.422 e. The minimum Gasteiger partial charge on any atom is -0.609 e. The summed E-state index contributed by atoms with van der Waals surface area (Å²) < 4.78 is 65.1. The highest BCUT2D eigenvalue weighted by atomic mass is 32.2. The van der Waals surface area contributed by atoms with Crippen LogP contribution in [0.3, 0.4) is 0 Å². The lowest BCUT2D eigenvalue weighted by molar-refractivity contribution is -0.153. The Balaban J connectivity index is 1.82. The Bertz CT molecular complexity index is 1010. The fourth-order valence-electron chi connectivity index (χ4n) is 2.69. The number of pyridine rings is 1. The average molecular weight is 429 g/mol. The maximum atomic E-state index is 12.8. The largest absolute Gasteiger partial charge is 0.609 e. The smallest absolute Gasteiger partial charge is 0.422 e. The van der Waals surface area contributed by atoms with Gasteiger partial charge in [0.2, 0.25) is 0 Å². The number of benzene rings is 1. The standard InChI is InChI=1S/C18H18F3N3O4S/c1-10-7-22-14(16(27-3)15(10)26-2)8-29(25)17-23-12-5-4-11(6-13(12)24-17)28-9-18(19,20)21/h4-7H,8-9H2,1-3H3,(H,23,24). The molecule has 0 aliphatic carbocycles. The zero-order chi connectivity index (χ0) is 21.2. The molecule has 0 amide bonds. The first-order chi connectivity index (χ1) is 13.7. The van der Waals surface area contributed by atoms with Gasteiger partial charge in [0, 0.05) is 29.0 Å². The molecule has 1 aromatic carbocycles. The monoisotopic (exact) mass is 429 g/mol. The first-order valence-corrected chi connectivity index (χ1v) is 9.68. The predicted octanol–water partition coefficient (Wildman–Crippen LogP) is 3.53. The molecule has 0 aliphatic heterocycles. The van der Waals surface area contributed by atoms with Gasteiger partial charge in [-0.15, -0.1) is 0 Å². The van der Waals surface area contributed by atoms with Crippen LogP contribution in [0.25, 0.3) is 11.0 Å². The fraction of sp³-hybridized carbons (Fsp3) is 0.333. The first-order valence-electron chi connectivity index (χ1n) is 8.36. The Hall–Kier alpha value is -2.66. The van der Waals surface area contributed by atoms with Crippen LogP contribution in [-0.4, -0.2) is 46.5 Å². The van der Waals surface area contributed by atoms with Crippen LogP contribution in [-0.2, 0) is 16.9 Å². The molecule has 1 atom stereocenters. The molecule has 0 saturated carbocycles. The number of aromatic amines is 1. The van der Waals surface area contributed by atoms with Crippen LogP contribution in [0.4, 0.5) is 13.2 Å². The lowest BCUT2D eigenvalue weighted by Crippen LogP contribution is -2.19. The van der Waals surface area contributed by atoms with Crippen molar-refractivity contribution in [3.8, 4) is 17.2 Å². The van der Waals surface area contributed by atoms with Gasteiger partial charge < -0.3 is 18.8 Å². The van der Waals surface area contributed by atoms with E-state index in [4.69, 9.17) is 14.2 Å². The highest BCUT2D eigenvalue weighted by molar-refractivity contribution is 7.90. The number of ether oxygens (including phenoxy) is 3. The van der Waals surface area contributed by atoms with Gasteiger partial charge in [-0.05, 0) is 19.1 Å². The van der Waals surface area contributed by atoms with Crippen LogP contribution in [0, 0.1) is 6.92 Å². The Morgan fingerprint density at radius 1 is 1.17 bits per heavy atom. The molecule has 0 bridgehead atoms. The van der Waals surface area contributed by atoms with Gasteiger partial charge in [0.15, 0.2) is 23.9 Å². The molecule has 0 radical (unpaired) electrons. The van der Waals surface area contributed by atoms with E-state index in [9.17, 15) is 17.7 Å². The number of H-pyrrole nitrogens is 1. The molecular weight excluding hydrogens is 411 g/mol. The average Bonchev–Trinajstić information content (AvgIpc) is 3.10. The summed E-state index contributed by atoms with van der Waals surface area (Å²) in [6.07, 6.45) is -2.84. The molecule has 2 aromatic heterocycles. The Labute approximate surface area is 167 Å². The molecular formula is C18H18F3N3O4S. The Kier molecular flexibility index (Phi) is 6.08. The van der Waals surface area contributed by atoms with Crippen LogP contribution in [0.2, 0.25) is 0 Å². The third-order valence-electron chi connectivity index (χ3n) is 3.97. The van der Waals surface area contributed by atoms with Crippen molar-refractivity contribution in [2.24, 2.45) is 0 Å². The van der Waals surface area contributed by atoms with Crippen molar-refractivity contribution in [1.82, 2.24) is 15.0 Å². The number of fused-ring (bicyclic) bond motifs is 1.